The summed E-state index contributed by atoms with van der Waals surface area (Å²) >= 11 is 5.29. The van der Waals surface area contributed by atoms with Crippen molar-refractivity contribution in [2.24, 2.45) is 0 Å². The van der Waals surface area contributed by atoms with Gasteiger partial charge in [0.15, 0.2) is 0 Å². The number of carbonyl (C=O) groups excluding carboxylic acids is 1. The largest absolute Gasteiger partial charge is 0.468 e. The number of esters is 1. The number of halogens is 1. The van der Waals surface area contributed by atoms with Crippen LogP contribution in [0.2, 0.25) is 0 Å². The molecule has 0 spiro atoms. The molecule has 0 bridgehead atoms. The van der Waals surface area contributed by atoms with E-state index in [1.54, 1.807) is 0 Å². The lowest BCUT2D eigenvalue weighted by molar-refractivity contribution is -0.139. The van der Waals surface area contributed by atoms with Crippen LogP contribution in [0.3, 0.4) is 0 Å². The van der Waals surface area contributed by atoms with Crippen LogP contribution in [0.15, 0.2) is 0 Å². The van der Waals surface area contributed by atoms with Gasteiger partial charge < -0.3 is 10.1 Å². The van der Waals surface area contributed by atoms with Gasteiger partial charge in [0.25, 0.3) is 0 Å². The molecule has 0 amide bonds. The van der Waals surface area contributed by atoms with E-state index in [1.807, 2.05) is 11.8 Å². The number of thioether (sulfide) groups is 1. The van der Waals surface area contributed by atoms with Crippen LogP contribution in [0.25, 0.3) is 0 Å². The van der Waals surface area contributed by atoms with E-state index in [0.717, 1.165) is 6.54 Å². The zero-order chi connectivity index (χ0) is 12.7. The molecule has 0 aromatic carbocycles. The molecule has 0 saturated heterocycles. The lowest BCUT2D eigenvalue weighted by atomic mass is 9.88. The van der Waals surface area contributed by atoms with Crippen molar-refractivity contribution in [3.8, 4) is 0 Å². The molecule has 1 N–H and O–H groups in total. The number of methoxy groups -OCH3 is 1. The fraction of sp³-hybridized carbons (Fsp3) is 0.917. The van der Waals surface area contributed by atoms with E-state index < -0.39 is 0 Å². The van der Waals surface area contributed by atoms with E-state index >= 15 is 0 Å². The lowest BCUT2D eigenvalue weighted by Crippen LogP contribution is -2.42. The first kappa shape index (κ1) is 15.3. The zero-order valence-corrected chi connectivity index (χ0v) is 13.0. The summed E-state index contributed by atoms with van der Waals surface area (Å²) in [5, 5.41) is 3.39. The number of ether oxygens (including phenoxy) is 1. The summed E-state index contributed by atoms with van der Waals surface area (Å²) in [6.07, 6.45) is 8.79. The van der Waals surface area contributed by atoms with Crippen LogP contribution < -0.4 is 5.32 Å². The average Bonchev–Trinajstić information content (AvgIpc) is 2.38. The van der Waals surface area contributed by atoms with E-state index in [9.17, 15) is 4.79 Å². The molecule has 17 heavy (non-hydrogen) atoms. The van der Waals surface area contributed by atoms with Crippen molar-refractivity contribution in [2.75, 3.05) is 26.5 Å². The Bertz CT molecular complexity index is 245. The van der Waals surface area contributed by atoms with Gasteiger partial charge in [-0.05, 0) is 19.1 Å². The molecule has 0 aromatic heterocycles. The van der Waals surface area contributed by atoms with E-state index in [-0.39, 0.29) is 10.8 Å². The highest BCUT2D eigenvalue weighted by Crippen LogP contribution is 2.37. The van der Waals surface area contributed by atoms with Crippen molar-refractivity contribution in [1.82, 2.24) is 5.32 Å². The Hall–Kier alpha value is 0.260. The maximum Gasteiger partial charge on any atom is 0.320 e. The van der Waals surface area contributed by atoms with Crippen molar-refractivity contribution in [2.45, 2.75) is 41.7 Å². The van der Waals surface area contributed by atoms with Crippen LogP contribution in [0.1, 0.15) is 32.1 Å². The van der Waals surface area contributed by atoms with Gasteiger partial charge in [-0.2, -0.15) is 11.8 Å². The molecular weight excluding hydrogens is 302 g/mol. The summed E-state index contributed by atoms with van der Waals surface area (Å²) in [7, 11) is 1.42. The third-order valence-corrected chi connectivity index (χ3v) is 5.54. The van der Waals surface area contributed by atoms with Crippen LogP contribution in [-0.2, 0) is 9.53 Å². The maximum atomic E-state index is 11.2. The van der Waals surface area contributed by atoms with Crippen LogP contribution in [0.4, 0.5) is 0 Å². The number of alkyl halides is 1. The number of carbonyl (C=O) groups is 1. The molecule has 1 unspecified atom stereocenters. The van der Waals surface area contributed by atoms with Gasteiger partial charge in [-0.15, -0.1) is 0 Å². The second kappa shape index (κ2) is 7.64. The highest BCUT2D eigenvalue weighted by Gasteiger charge is 2.31. The van der Waals surface area contributed by atoms with Gasteiger partial charge in [-0.1, -0.05) is 35.2 Å². The molecule has 1 saturated carbocycles. The first-order valence-electron chi connectivity index (χ1n) is 6.11. The van der Waals surface area contributed by atoms with Crippen LogP contribution in [0.5, 0.6) is 0 Å². The minimum absolute atomic E-state index is 0.209. The summed E-state index contributed by atoms with van der Waals surface area (Å²) in [4.78, 5) is 11.0. The Morgan fingerprint density at radius 3 is 2.65 bits per heavy atom. The summed E-state index contributed by atoms with van der Waals surface area (Å²) in [5.74, 6) is -0.209. The molecule has 0 heterocycles. The smallest absolute Gasteiger partial charge is 0.320 e. The van der Waals surface area contributed by atoms with Gasteiger partial charge in [0, 0.05) is 17.8 Å². The van der Waals surface area contributed by atoms with Crippen molar-refractivity contribution in [3.05, 3.63) is 0 Å². The van der Waals surface area contributed by atoms with Crippen LogP contribution in [-0.4, -0.2) is 42.0 Å². The number of hydrogen-bond acceptors (Lipinski definition) is 4. The maximum absolute atomic E-state index is 11.2. The van der Waals surface area contributed by atoms with Crippen molar-refractivity contribution >= 4 is 33.7 Å². The Balaban J connectivity index is 2.30. The predicted molar refractivity (Wildman–Crippen MR) is 76.9 cm³/mol. The fourth-order valence-corrected chi connectivity index (χ4v) is 3.65. The Kier molecular flexibility index (Phi) is 6.89. The molecule has 0 aromatic rings. The van der Waals surface area contributed by atoms with Crippen LogP contribution >= 0.6 is 27.7 Å². The van der Waals surface area contributed by atoms with Gasteiger partial charge in [0.05, 0.1) is 7.11 Å². The third kappa shape index (κ3) is 4.79. The van der Waals surface area contributed by atoms with E-state index in [2.05, 4.69) is 32.2 Å². The van der Waals surface area contributed by atoms with Gasteiger partial charge >= 0.3 is 5.97 Å². The van der Waals surface area contributed by atoms with E-state index in [1.165, 1.54) is 39.2 Å². The van der Waals surface area contributed by atoms with Gasteiger partial charge in [-0.25, -0.2) is 0 Å². The van der Waals surface area contributed by atoms with Gasteiger partial charge in [0.2, 0.25) is 0 Å². The zero-order valence-electron chi connectivity index (χ0n) is 10.6. The van der Waals surface area contributed by atoms with Gasteiger partial charge in [-0.3, -0.25) is 4.79 Å². The van der Waals surface area contributed by atoms with E-state index in [0.29, 0.717) is 11.3 Å². The average molecular weight is 324 g/mol. The second-order valence-corrected chi connectivity index (χ2v) is 6.95. The minimum atomic E-state index is -0.241. The van der Waals surface area contributed by atoms with Crippen molar-refractivity contribution in [3.63, 3.8) is 0 Å². The first-order valence-corrected chi connectivity index (χ1v) is 8.25. The molecule has 5 heteroatoms. The monoisotopic (exact) mass is 323 g/mol. The summed E-state index contributed by atoms with van der Waals surface area (Å²) in [5.41, 5.74) is 0. The summed E-state index contributed by atoms with van der Waals surface area (Å²) < 4.78 is 5.05. The minimum Gasteiger partial charge on any atom is -0.468 e. The normalized spacial score (nSPS) is 20.9. The standard InChI is InChI=1S/C12H22BrNO2S/c1-16-11(15)10(13)8-14-9-12(17-2)6-4-3-5-7-12/h10,14H,3-9H2,1-2H3. The molecule has 1 fully saturated rings. The number of hydrogen-bond donors (Lipinski definition) is 1. The fourth-order valence-electron chi connectivity index (χ4n) is 2.29. The molecule has 0 aliphatic heterocycles. The predicted octanol–water partition coefficient (Wildman–Crippen LogP) is 2.58. The number of nitrogens with one attached hydrogen (secondary N) is 1. The van der Waals surface area contributed by atoms with Crippen LogP contribution in [0, 0.1) is 0 Å². The highest BCUT2D eigenvalue weighted by molar-refractivity contribution is 9.10. The summed E-state index contributed by atoms with van der Waals surface area (Å²) in [6, 6.07) is 0. The molecule has 0 radical (unpaired) electrons. The Morgan fingerprint density at radius 2 is 2.12 bits per heavy atom. The van der Waals surface area contributed by atoms with Crippen molar-refractivity contribution in [1.29, 1.82) is 0 Å². The molecule has 3 nitrogen and oxygen atoms in total. The molecule has 1 aliphatic carbocycles. The van der Waals surface area contributed by atoms with Crippen molar-refractivity contribution < 1.29 is 9.53 Å². The van der Waals surface area contributed by atoms with E-state index in [4.69, 9.17) is 0 Å². The molecule has 1 aliphatic rings. The molecule has 1 rings (SSSR count). The first-order chi connectivity index (χ1) is 8.13. The molecular formula is C12H22BrNO2S. The molecule has 1 atom stereocenters. The summed E-state index contributed by atoms with van der Waals surface area (Å²) in [6.45, 7) is 1.61. The highest BCUT2D eigenvalue weighted by atomic mass is 79.9. The topological polar surface area (TPSA) is 38.3 Å². The lowest BCUT2D eigenvalue weighted by Gasteiger charge is -2.36. The Morgan fingerprint density at radius 1 is 1.47 bits per heavy atom. The third-order valence-electron chi connectivity index (χ3n) is 3.43. The SMILES string of the molecule is COC(=O)C(Br)CNCC1(SC)CCCCC1. The second-order valence-electron chi connectivity index (χ2n) is 4.57. The van der Waals surface area contributed by atoms with Gasteiger partial charge in [0.1, 0.15) is 4.83 Å². The Labute approximate surface area is 117 Å². The molecule has 100 valence electrons. The quantitative estimate of drug-likeness (QED) is 0.602. The number of rotatable bonds is 6.